The number of hydrogen-bond donors (Lipinski definition) is 0. The van der Waals surface area contributed by atoms with Gasteiger partial charge in [0.25, 0.3) is 0 Å². The van der Waals surface area contributed by atoms with Crippen LogP contribution in [0.1, 0.15) is 20.8 Å². The summed E-state index contributed by atoms with van der Waals surface area (Å²) in [4.78, 5) is 0. The van der Waals surface area contributed by atoms with Crippen LogP contribution in [0.5, 0.6) is 0 Å². The predicted octanol–water partition coefficient (Wildman–Crippen LogP) is 2.51. The standard InChI is InChI=1S/C6H11ClO/c1-4-8-6(3)5(2)7/h4H2,1-3H3. The molecule has 0 aliphatic carbocycles. The summed E-state index contributed by atoms with van der Waals surface area (Å²) in [6, 6.07) is 0. The van der Waals surface area contributed by atoms with E-state index in [0.717, 1.165) is 10.8 Å². The highest BCUT2D eigenvalue weighted by Crippen LogP contribution is 2.07. The van der Waals surface area contributed by atoms with Crippen molar-refractivity contribution in [1.82, 2.24) is 0 Å². The van der Waals surface area contributed by atoms with Gasteiger partial charge in [-0.15, -0.1) is 0 Å². The molecule has 0 aliphatic rings. The normalized spacial score (nSPS) is 13.0. The maximum absolute atomic E-state index is 5.56. The maximum Gasteiger partial charge on any atom is 0.107 e. The van der Waals surface area contributed by atoms with Crippen LogP contribution in [0.15, 0.2) is 10.8 Å². The van der Waals surface area contributed by atoms with Crippen molar-refractivity contribution in [2.75, 3.05) is 6.61 Å². The number of rotatable bonds is 2. The van der Waals surface area contributed by atoms with Crippen LogP contribution in [-0.4, -0.2) is 6.61 Å². The molecule has 0 heterocycles. The van der Waals surface area contributed by atoms with Crippen molar-refractivity contribution in [1.29, 1.82) is 0 Å². The molecule has 0 radical (unpaired) electrons. The lowest BCUT2D eigenvalue weighted by molar-refractivity contribution is 0.230. The van der Waals surface area contributed by atoms with Gasteiger partial charge in [-0.25, -0.2) is 0 Å². The lowest BCUT2D eigenvalue weighted by atomic mass is 10.5. The van der Waals surface area contributed by atoms with Crippen LogP contribution in [0.4, 0.5) is 0 Å². The molecule has 0 amide bonds. The van der Waals surface area contributed by atoms with Gasteiger partial charge < -0.3 is 4.74 Å². The first-order chi connectivity index (χ1) is 3.68. The second-order valence-electron chi connectivity index (χ2n) is 1.52. The summed E-state index contributed by atoms with van der Waals surface area (Å²) in [6.45, 7) is 6.29. The largest absolute Gasteiger partial charge is 0.497 e. The van der Waals surface area contributed by atoms with Gasteiger partial charge >= 0.3 is 0 Å². The zero-order chi connectivity index (χ0) is 6.57. The van der Waals surface area contributed by atoms with E-state index in [9.17, 15) is 0 Å². The van der Waals surface area contributed by atoms with Crippen molar-refractivity contribution >= 4 is 11.6 Å². The van der Waals surface area contributed by atoms with Gasteiger partial charge in [0, 0.05) is 0 Å². The summed E-state index contributed by atoms with van der Waals surface area (Å²) < 4.78 is 5.05. The molecule has 0 aromatic rings. The first-order valence-electron chi connectivity index (χ1n) is 2.64. The van der Waals surface area contributed by atoms with Gasteiger partial charge in [0.05, 0.1) is 11.6 Å². The van der Waals surface area contributed by atoms with Gasteiger partial charge in [-0.2, -0.15) is 0 Å². The number of hydrogen-bond acceptors (Lipinski definition) is 1. The van der Waals surface area contributed by atoms with Crippen molar-refractivity contribution in [2.24, 2.45) is 0 Å². The topological polar surface area (TPSA) is 9.23 Å². The van der Waals surface area contributed by atoms with E-state index < -0.39 is 0 Å². The van der Waals surface area contributed by atoms with Gasteiger partial charge in [-0.1, -0.05) is 11.6 Å². The summed E-state index contributed by atoms with van der Waals surface area (Å²) in [5.41, 5.74) is 0. The van der Waals surface area contributed by atoms with Crippen LogP contribution < -0.4 is 0 Å². The SMILES string of the molecule is CCOC(C)=C(C)Cl. The molecule has 0 saturated carbocycles. The molecule has 0 unspecified atom stereocenters. The second kappa shape index (κ2) is 3.79. The molecule has 8 heavy (non-hydrogen) atoms. The van der Waals surface area contributed by atoms with E-state index in [4.69, 9.17) is 16.3 Å². The maximum atomic E-state index is 5.56. The van der Waals surface area contributed by atoms with Crippen molar-refractivity contribution in [3.05, 3.63) is 10.8 Å². The predicted molar refractivity (Wildman–Crippen MR) is 35.9 cm³/mol. The van der Waals surface area contributed by atoms with Crippen LogP contribution in [0.2, 0.25) is 0 Å². The van der Waals surface area contributed by atoms with Crippen molar-refractivity contribution in [3.8, 4) is 0 Å². The molecule has 0 atom stereocenters. The third kappa shape index (κ3) is 2.92. The molecule has 0 aliphatic heterocycles. The monoisotopic (exact) mass is 134 g/mol. The van der Waals surface area contributed by atoms with E-state index in [1.807, 2.05) is 20.8 Å². The fourth-order valence-corrected chi connectivity index (χ4v) is 0.371. The fourth-order valence-electron chi connectivity index (χ4n) is 0.316. The first kappa shape index (κ1) is 7.83. The zero-order valence-corrected chi connectivity index (χ0v) is 6.25. The minimum absolute atomic E-state index is 0.690. The Morgan fingerprint density at radius 1 is 1.50 bits per heavy atom. The Balaban J connectivity index is 3.62. The molecule has 0 aromatic heterocycles. The molecule has 1 nitrogen and oxygen atoms in total. The van der Waals surface area contributed by atoms with Crippen LogP contribution in [0.3, 0.4) is 0 Å². The second-order valence-corrected chi connectivity index (χ2v) is 2.09. The molecule has 0 bridgehead atoms. The van der Waals surface area contributed by atoms with Crippen LogP contribution in [-0.2, 0) is 4.74 Å². The molecule has 0 spiro atoms. The zero-order valence-electron chi connectivity index (χ0n) is 5.49. The number of ether oxygens (including phenoxy) is 1. The van der Waals surface area contributed by atoms with E-state index in [1.165, 1.54) is 0 Å². The Bertz CT molecular complexity index is 92.7. The molecule has 0 N–H and O–H groups in total. The summed E-state index contributed by atoms with van der Waals surface area (Å²) in [6.07, 6.45) is 0. The van der Waals surface area contributed by atoms with Gasteiger partial charge in [0.15, 0.2) is 0 Å². The van der Waals surface area contributed by atoms with Gasteiger partial charge in [0.1, 0.15) is 5.76 Å². The minimum atomic E-state index is 0.690. The van der Waals surface area contributed by atoms with Crippen molar-refractivity contribution in [3.63, 3.8) is 0 Å². The average molecular weight is 135 g/mol. The Morgan fingerprint density at radius 3 is 2.12 bits per heavy atom. The molecular weight excluding hydrogens is 124 g/mol. The molecule has 0 aromatic carbocycles. The molecule has 0 fully saturated rings. The molecule has 0 saturated heterocycles. The van der Waals surface area contributed by atoms with E-state index in [-0.39, 0.29) is 0 Å². The molecule has 2 heteroatoms. The van der Waals surface area contributed by atoms with E-state index in [2.05, 4.69) is 0 Å². The highest BCUT2D eigenvalue weighted by Gasteiger charge is 1.89. The third-order valence-corrected chi connectivity index (χ3v) is 1.11. The lowest BCUT2D eigenvalue weighted by Crippen LogP contribution is -1.86. The first-order valence-corrected chi connectivity index (χ1v) is 3.02. The van der Waals surface area contributed by atoms with Crippen molar-refractivity contribution in [2.45, 2.75) is 20.8 Å². The molecule has 48 valence electrons. The number of halogens is 1. The number of allylic oxidation sites excluding steroid dienone is 2. The Morgan fingerprint density at radius 2 is 2.00 bits per heavy atom. The quantitative estimate of drug-likeness (QED) is 0.528. The Hall–Kier alpha value is -0.170. The van der Waals surface area contributed by atoms with E-state index in [0.29, 0.717) is 6.61 Å². The summed E-state index contributed by atoms with van der Waals surface area (Å²) in [5, 5.41) is 0.729. The highest BCUT2D eigenvalue weighted by molar-refractivity contribution is 6.29. The Labute approximate surface area is 55.3 Å². The smallest absolute Gasteiger partial charge is 0.107 e. The van der Waals surface area contributed by atoms with E-state index >= 15 is 0 Å². The highest BCUT2D eigenvalue weighted by atomic mass is 35.5. The fraction of sp³-hybridized carbons (Fsp3) is 0.667. The molecule has 0 rings (SSSR count). The third-order valence-electron chi connectivity index (χ3n) is 0.846. The lowest BCUT2D eigenvalue weighted by Gasteiger charge is -2.01. The van der Waals surface area contributed by atoms with Gasteiger partial charge in [-0.3, -0.25) is 0 Å². The average Bonchev–Trinajstić information content (AvgIpc) is 1.67. The van der Waals surface area contributed by atoms with Crippen LogP contribution in [0, 0.1) is 0 Å². The molecular formula is C6H11ClO. The van der Waals surface area contributed by atoms with Gasteiger partial charge in [-0.05, 0) is 20.8 Å². The summed E-state index contributed by atoms with van der Waals surface area (Å²) in [7, 11) is 0. The van der Waals surface area contributed by atoms with Crippen LogP contribution >= 0.6 is 11.6 Å². The Kier molecular flexibility index (Phi) is 3.71. The van der Waals surface area contributed by atoms with Gasteiger partial charge in [0.2, 0.25) is 0 Å². The summed E-state index contributed by atoms with van der Waals surface area (Å²) in [5.74, 6) is 0.814. The van der Waals surface area contributed by atoms with Crippen molar-refractivity contribution < 1.29 is 4.74 Å². The summed E-state index contributed by atoms with van der Waals surface area (Å²) >= 11 is 5.56. The minimum Gasteiger partial charge on any atom is -0.497 e. The van der Waals surface area contributed by atoms with E-state index in [1.54, 1.807) is 0 Å². The van der Waals surface area contributed by atoms with Crippen LogP contribution in [0.25, 0.3) is 0 Å².